The number of non-ortho nitro benzene ring substituents is 1. The average Bonchev–Trinajstić information content (AvgIpc) is 3.20. The molecule has 0 atom stereocenters. The van der Waals surface area contributed by atoms with Crippen LogP contribution >= 0.6 is 34.7 Å². The van der Waals surface area contributed by atoms with Crippen LogP contribution in [-0.4, -0.2) is 32.7 Å². The second-order valence-corrected chi connectivity index (χ2v) is 8.67. The second-order valence-electron chi connectivity index (χ2n) is 6.06. The number of thioether (sulfide) groups is 1. The van der Waals surface area contributed by atoms with Crippen molar-refractivity contribution in [3.63, 3.8) is 0 Å². The van der Waals surface area contributed by atoms with Gasteiger partial charge in [-0.05, 0) is 30.7 Å². The van der Waals surface area contributed by atoms with Gasteiger partial charge in [0, 0.05) is 28.4 Å². The quantitative estimate of drug-likeness (QED) is 0.265. The van der Waals surface area contributed by atoms with E-state index in [1.807, 2.05) is 19.1 Å². The summed E-state index contributed by atoms with van der Waals surface area (Å²) in [4.78, 5) is 34.2. The van der Waals surface area contributed by atoms with Crippen molar-refractivity contribution in [1.29, 1.82) is 0 Å². The molecular weight excluding hydrogens is 464 g/mol. The number of hydrogen-bond donors (Lipinski definition) is 3. The number of carbonyl (C=O) groups is 2. The largest absolute Gasteiger partial charge is 0.330 e. The molecule has 2 aromatic carbocycles. The van der Waals surface area contributed by atoms with Crippen LogP contribution in [0.4, 0.5) is 16.5 Å². The predicted molar refractivity (Wildman–Crippen MR) is 119 cm³/mol. The van der Waals surface area contributed by atoms with Crippen LogP contribution in [0.25, 0.3) is 0 Å². The highest BCUT2D eigenvalue weighted by Crippen LogP contribution is 2.29. The lowest BCUT2D eigenvalue weighted by Crippen LogP contribution is -2.42. The van der Waals surface area contributed by atoms with Gasteiger partial charge < -0.3 is 5.32 Å². The van der Waals surface area contributed by atoms with Gasteiger partial charge in [-0.1, -0.05) is 46.8 Å². The highest BCUT2D eigenvalue weighted by Gasteiger charge is 2.13. The number of hydrogen-bond acceptors (Lipinski definition) is 9. The number of halogens is 1. The number of nitro groups is 1. The van der Waals surface area contributed by atoms with Gasteiger partial charge in [0.05, 0.1) is 10.7 Å². The van der Waals surface area contributed by atoms with Crippen LogP contribution in [0.2, 0.25) is 5.02 Å². The van der Waals surface area contributed by atoms with Gasteiger partial charge in [-0.15, -0.1) is 10.2 Å². The smallest absolute Gasteiger partial charge is 0.270 e. The molecule has 1 aromatic heterocycles. The van der Waals surface area contributed by atoms with E-state index < -0.39 is 16.7 Å². The number of nitrogens with zero attached hydrogens (tertiary/aromatic N) is 3. The molecule has 1 heterocycles. The first-order chi connectivity index (χ1) is 14.8. The minimum Gasteiger partial charge on any atom is -0.330 e. The normalized spacial score (nSPS) is 10.4. The van der Waals surface area contributed by atoms with E-state index in [2.05, 4.69) is 26.4 Å². The zero-order valence-electron chi connectivity index (χ0n) is 15.9. The molecule has 3 aromatic rings. The Morgan fingerprint density at radius 2 is 2.00 bits per heavy atom. The molecule has 0 radical (unpaired) electrons. The summed E-state index contributed by atoms with van der Waals surface area (Å²) >= 11 is 8.51. The first-order valence-corrected chi connectivity index (χ1v) is 10.8. The van der Waals surface area contributed by atoms with E-state index in [0.717, 1.165) is 29.1 Å². The molecule has 0 fully saturated rings. The number of amides is 2. The van der Waals surface area contributed by atoms with Crippen molar-refractivity contribution in [1.82, 2.24) is 21.0 Å². The molecule has 0 spiro atoms. The Kier molecular flexibility index (Phi) is 7.39. The summed E-state index contributed by atoms with van der Waals surface area (Å²) in [6.45, 7) is 1.91. The lowest BCUT2D eigenvalue weighted by atomic mass is 10.2. The Balaban J connectivity index is 1.46. The minimum atomic E-state index is -0.666. The van der Waals surface area contributed by atoms with Crippen molar-refractivity contribution in [3.8, 4) is 0 Å². The monoisotopic (exact) mass is 478 g/mol. The number of rotatable bonds is 7. The number of hydrazine groups is 1. The maximum Gasteiger partial charge on any atom is 0.270 e. The zero-order chi connectivity index (χ0) is 22.4. The molecule has 13 heteroatoms. The second kappa shape index (κ2) is 10.2. The van der Waals surface area contributed by atoms with E-state index in [4.69, 9.17) is 11.6 Å². The third kappa shape index (κ3) is 6.38. The fraction of sp³-hybridized carbons (Fsp3) is 0.111. The molecule has 0 saturated carbocycles. The van der Waals surface area contributed by atoms with Crippen molar-refractivity contribution < 1.29 is 14.5 Å². The Morgan fingerprint density at radius 1 is 1.19 bits per heavy atom. The number of aryl methyl sites for hydroxylation is 1. The summed E-state index contributed by atoms with van der Waals surface area (Å²) in [5.41, 5.74) is 6.04. The number of carbonyl (C=O) groups excluding carboxylic acids is 2. The molecule has 0 aliphatic carbocycles. The number of benzene rings is 2. The maximum atomic E-state index is 12.0. The molecule has 3 rings (SSSR count). The van der Waals surface area contributed by atoms with Crippen LogP contribution in [0.1, 0.15) is 15.9 Å². The number of anilines is 2. The Hall–Kier alpha value is -3.22. The molecule has 0 bridgehead atoms. The zero-order valence-corrected chi connectivity index (χ0v) is 18.3. The molecule has 0 aliphatic heterocycles. The van der Waals surface area contributed by atoms with E-state index in [0.29, 0.717) is 14.5 Å². The number of aromatic nitrogens is 2. The summed E-state index contributed by atoms with van der Waals surface area (Å²) in [6.07, 6.45) is 0. The molecule has 31 heavy (non-hydrogen) atoms. The van der Waals surface area contributed by atoms with E-state index >= 15 is 0 Å². The third-order valence-corrected chi connectivity index (χ3v) is 6.17. The van der Waals surface area contributed by atoms with Crippen molar-refractivity contribution >= 4 is 63.0 Å². The standard InChI is InChI=1S/C18H15ClN6O4S2/c1-10-5-6-12(8-14(10)19)20-17-23-24-18(31-17)30-9-15(26)21-22-16(27)11-3-2-4-13(7-11)25(28)29/h2-8H,9H2,1H3,(H,20,23)(H,21,26)(H,22,27). The first-order valence-electron chi connectivity index (χ1n) is 8.65. The van der Waals surface area contributed by atoms with Gasteiger partial charge in [0.15, 0.2) is 4.34 Å². The Bertz CT molecular complexity index is 1140. The van der Waals surface area contributed by atoms with Gasteiger partial charge in [0.25, 0.3) is 11.6 Å². The fourth-order valence-corrected chi connectivity index (χ4v) is 3.99. The van der Waals surface area contributed by atoms with Crippen molar-refractivity contribution in [2.75, 3.05) is 11.1 Å². The summed E-state index contributed by atoms with van der Waals surface area (Å²) in [5.74, 6) is -1.15. The van der Waals surface area contributed by atoms with E-state index in [1.54, 1.807) is 6.07 Å². The first kappa shape index (κ1) is 22.5. The average molecular weight is 479 g/mol. The SMILES string of the molecule is Cc1ccc(Nc2nnc(SCC(=O)NNC(=O)c3cccc([N+](=O)[O-])c3)s2)cc1Cl. The third-order valence-electron chi connectivity index (χ3n) is 3.79. The van der Waals surface area contributed by atoms with Gasteiger partial charge in [-0.25, -0.2) is 0 Å². The fourth-order valence-electron chi connectivity index (χ4n) is 2.24. The van der Waals surface area contributed by atoms with Crippen molar-refractivity contribution in [2.45, 2.75) is 11.3 Å². The molecule has 0 saturated heterocycles. The van der Waals surface area contributed by atoms with Crippen molar-refractivity contribution in [3.05, 3.63) is 68.7 Å². The minimum absolute atomic E-state index is 0.0137. The predicted octanol–water partition coefficient (Wildman–Crippen LogP) is 3.71. The Labute approximate surface area is 189 Å². The lowest BCUT2D eigenvalue weighted by molar-refractivity contribution is -0.384. The van der Waals surface area contributed by atoms with Gasteiger partial charge in [-0.2, -0.15) is 0 Å². The highest BCUT2D eigenvalue weighted by atomic mass is 35.5. The summed E-state index contributed by atoms with van der Waals surface area (Å²) in [7, 11) is 0. The molecule has 10 nitrogen and oxygen atoms in total. The van der Waals surface area contributed by atoms with Crippen molar-refractivity contribution in [2.24, 2.45) is 0 Å². The van der Waals surface area contributed by atoms with Gasteiger partial charge in [-0.3, -0.25) is 30.6 Å². The van der Waals surface area contributed by atoms with Crippen LogP contribution in [0.5, 0.6) is 0 Å². The van der Waals surface area contributed by atoms with Gasteiger partial charge >= 0.3 is 0 Å². The number of nitrogens with one attached hydrogen (secondary N) is 3. The molecular formula is C18H15ClN6O4S2. The van der Waals surface area contributed by atoms with Crippen LogP contribution in [-0.2, 0) is 4.79 Å². The van der Waals surface area contributed by atoms with Crippen LogP contribution < -0.4 is 16.2 Å². The highest BCUT2D eigenvalue weighted by molar-refractivity contribution is 8.01. The summed E-state index contributed by atoms with van der Waals surface area (Å²) in [6, 6.07) is 10.7. The Morgan fingerprint density at radius 3 is 2.74 bits per heavy atom. The maximum absolute atomic E-state index is 12.0. The molecule has 0 aliphatic rings. The van der Waals surface area contributed by atoms with E-state index in [1.165, 1.54) is 29.5 Å². The summed E-state index contributed by atoms with van der Waals surface area (Å²) in [5, 5.41) is 23.1. The topological polar surface area (TPSA) is 139 Å². The number of nitro benzene ring substituents is 1. The molecule has 3 N–H and O–H groups in total. The van der Waals surface area contributed by atoms with Crippen LogP contribution in [0, 0.1) is 17.0 Å². The van der Waals surface area contributed by atoms with E-state index in [9.17, 15) is 19.7 Å². The molecule has 2 amide bonds. The van der Waals surface area contributed by atoms with E-state index in [-0.39, 0.29) is 17.0 Å². The lowest BCUT2D eigenvalue weighted by Gasteiger charge is -2.06. The van der Waals surface area contributed by atoms with Gasteiger partial charge in [0.1, 0.15) is 0 Å². The van der Waals surface area contributed by atoms with Gasteiger partial charge in [0.2, 0.25) is 11.0 Å². The van der Waals surface area contributed by atoms with Crippen LogP contribution in [0.15, 0.2) is 46.8 Å². The summed E-state index contributed by atoms with van der Waals surface area (Å²) < 4.78 is 0.556. The molecule has 0 unspecified atom stereocenters. The van der Waals surface area contributed by atoms with Crippen LogP contribution in [0.3, 0.4) is 0 Å². The molecule has 160 valence electrons.